The number of nitrogens with one attached hydrogen (secondary N) is 1. The zero-order valence-corrected chi connectivity index (χ0v) is 16.0. The summed E-state index contributed by atoms with van der Waals surface area (Å²) in [7, 11) is -3.70. The highest BCUT2D eigenvalue weighted by Gasteiger charge is 2.33. The molecule has 0 aromatic heterocycles. The van der Waals surface area contributed by atoms with Gasteiger partial charge in [-0.15, -0.1) is 0 Å². The highest BCUT2D eigenvalue weighted by molar-refractivity contribution is 7.89. The summed E-state index contributed by atoms with van der Waals surface area (Å²) in [5, 5.41) is 0. The van der Waals surface area contributed by atoms with E-state index in [0.29, 0.717) is 12.4 Å². The Morgan fingerprint density at radius 1 is 1.15 bits per heavy atom. The van der Waals surface area contributed by atoms with Crippen molar-refractivity contribution in [1.82, 2.24) is 4.72 Å². The van der Waals surface area contributed by atoms with Gasteiger partial charge in [-0.25, -0.2) is 17.9 Å². The van der Waals surface area contributed by atoms with Crippen LogP contribution in [0.1, 0.15) is 12.5 Å². The minimum absolute atomic E-state index is 0.00362. The molecule has 8 heteroatoms. The van der Waals surface area contributed by atoms with E-state index in [1.165, 1.54) is 17.0 Å². The van der Waals surface area contributed by atoms with E-state index in [1.807, 2.05) is 38.1 Å². The zero-order valence-electron chi connectivity index (χ0n) is 15.2. The quantitative estimate of drug-likeness (QED) is 0.786. The maximum Gasteiger partial charge on any atom is 0.414 e. The van der Waals surface area contributed by atoms with Gasteiger partial charge >= 0.3 is 6.09 Å². The van der Waals surface area contributed by atoms with Crippen molar-refractivity contribution in [2.75, 3.05) is 24.6 Å². The summed E-state index contributed by atoms with van der Waals surface area (Å²) < 4.78 is 37.9. The van der Waals surface area contributed by atoms with Crippen LogP contribution in [0.2, 0.25) is 0 Å². The lowest BCUT2D eigenvalue weighted by atomic mass is 10.2. The smallest absolute Gasteiger partial charge is 0.414 e. The average molecular weight is 390 g/mol. The molecule has 1 unspecified atom stereocenters. The van der Waals surface area contributed by atoms with Crippen LogP contribution in [0.4, 0.5) is 10.5 Å². The first-order valence-corrected chi connectivity index (χ1v) is 10.1. The molecule has 1 heterocycles. The Balaban J connectivity index is 1.61. The number of amides is 1. The van der Waals surface area contributed by atoms with Gasteiger partial charge in [-0.3, -0.25) is 4.90 Å². The van der Waals surface area contributed by atoms with E-state index in [2.05, 4.69) is 4.72 Å². The summed E-state index contributed by atoms with van der Waals surface area (Å²) in [6.45, 7) is 4.62. The molecule has 1 atom stereocenters. The molecule has 2 aromatic carbocycles. The number of anilines is 1. The summed E-state index contributed by atoms with van der Waals surface area (Å²) in [4.78, 5) is 13.7. The monoisotopic (exact) mass is 390 g/mol. The molecule has 1 N–H and O–H groups in total. The third kappa shape index (κ3) is 4.58. The molecule has 1 fully saturated rings. The number of ether oxygens (including phenoxy) is 2. The van der Waals surface area contributed by atoms with Crippen molar-refractivity contribution in [2.24, 2.45) is 0 Å². The van der Waals surface area contributed by atoms with Crippen LogP contribution < -0.4 is 14.4 Å². The Kier molecular flexibility index (Phi) is 5.67. The Morgan fingerprint density at radius 3 is 2.44 bits per heavy atom. The highest BCUT2D eigenvalue weighted by Crippen LogP contribution is 2.22. The molecule has 2 aromatic rings. The first-order chi connectivity index (χ1) is 12.9. The number of sulfonamides is 1. The molecule has 144 valence electrons. The van der Waals surface area contributed by atoms with Crippen molar-refractivity contribution in [3.63, 3.8) is 0 Å². The van der Waals surface area contributed by atoms with E-state index in [4.69, 9.17) is 9.47 Å². The number of rotatable bonds is 7. The molecular formula is C19H22N2O5S. The maximum absolute atomic E-state index is 12.4. The molecule has 3 rings (SSSR count). The van der Waals surface area contributed by atoms with Gasteiger partial charge in [0.2, 0.25) is 10.0 Å². The van der Waals surface area contributed by atoms with E-state index in [-0.39, 0.29) is 18.0 Å². The van der Waals surface area contributed by atoms with Crippen LogP contribution >= 0.6 is 0 Å². The molecule has 0 aliphatic carbocycles. The van der Waals surface area contributed by atoms with Gasteiger partial charge in [0.1, 0.15) is 11.9 Å². The van der Waals surface area contributed by atoms with Crippen molar-refractivity contribution in [3.05, 3.63) is 54.1 Å². The van der Waals surface area contributed by atoms with Crippen molar-refractivity contribution >= 4 is 21.8 Å². The normalized spacial score (nSPS) is 17.0. The first-order valence-electron chi connectivity index (χ1n) is 8.66. The molecule has 0 spiro atoms. The molecule has 1 amide bonds. The third-order valence-corrected chi connectivity index (χ3v) is 5.61. The minimum Gasteiger partial charge on any atom is -0.494 e. The fourth-order valence-electron chi connectivity index (χ4n) is 2.73. The SMILES string of the molecule is CCOc1ccc(S(=O)(=O)NCC2CN(c3ccc(C)cc3)C(=O)O2)cc1. The van der Waals surface area contributed by atoms with E-state index in [0.717, 1.165) is 11.3 Å². The van der Waals surface area contributed by atoms with Crippen molar-refractivity contribution in [1.29, 1.82) is 0 Å². The molecular weight excluding hydrogens is 368 g/mol. The molecule has 0 bridgehead atoms. The average Bonchev–Trinajstić information content (AvgIpc) is 3.02. The van der Waals surface area contributed by atoms with Gasteiger partial charge in [0.15, 0.2) is 0 Å². The second-order valence-corrected chi connectivity index (χ2v) is 7.98. The van der Waals surface area contributed by atoms with E-state index >= 15 is 0 Å². The van der Waals surface area contributed by atoms with Crippen LogP contribution in [-0.2, 0) is 14.8 Å². The number of nitrogens with zero attached hydrogens (tertiary/aromatic N) is 1. The number of carbonyl (C=O) groups excluding carboxylic acids is 1. The molecule has 27 heavy (non-hydrogen) atoms. The number of cyclic esters (lactones) is 1. The lowest BCUT2D eigenvalue weighted by Gasteiger charge is -2.13. The molecule has 1 aliphatic heterocycles. The van der Waals surface area contributed by atoms with Crippen molar-refractivity contribution in [2.45, 2.75) is 24.8 Å². The largest absolute Gasteiger partial charge is 0.494 e. The maximum atomic E-state index is 12.4. The van der Waals surface area contributed by atoms with Gasteiger partial charge in [-0.05, 0) is 50.2 Å². The molecule has 0 saturated carbocycles. The fraction of sp³-hybridized carbons (Fsp3) is 0.316. The van der Waals surface area contributed by atoms with Crippen LogP contribution in [0, 0.1) is 6.92 Å². The predicted molar refractivity (Wildman–Crippen MR) is 102 cm³/mol. The number of hydrogen-bond donors (Lipinski definition) is 1. The topological polar surface area (TPSA) is 84.9 Å². The molecule has 0 radical (unpaired) electrons. The lowest BCUT2D eigenvalue weighted by molar-refractivity contribution is 0.143. The second kappa shape index (κ2) is 7.98. The van der Waals surface area contributed by atoms with Crippen LogP contribution in [0.15, 0.2) is 53.4 Å². The zero-order chi connectivity index (χ0) is 19.4. The van der Waals surface area contributed by atoms with Gasteiger partial charge in [0.25, 0.3) is 0 Å². The summed E-state index contributed by atoms with van der Waals surface area (Å²) in [6, 6.07) is 13.7. The van der Waals surface area contributed by atoms with Gasteiger partial charge in [0, 0.05) is 12.2 Å². The Bertz CT molecular complexity index is 895. The first kappa shape index (κ1) is 19.2. The Labute approximate surface area is 158 Å². The van der Waals surface area contributed by atoms with Gasteiger partial charge in [-0.2, -0.15) is 0 Å². The van der Waals surface area contributed by atoms with Gasteiger partial charge in [-0.1, -0.05) is 17.7 Å². The van der Waals surface area contributed by atoms with Crippen LogP contribution in [0.3, 0.4) is 0 Å². The highest BCUT2D eigenvalue weighted by atomic mass is 32.2. The van der Waals surface area contributed by atoms with E-state index in [9.17, 15) is 13.2 Å². The molecule has 7 nitrogen and oxygen atoms in total. The second-order valence-electron chi connectivity index (χ2n) is 6.21. The predicted octanol–water partition coefficient (Wildman–Crippen LogP) is 2.70. The fourth-order valence-corrected chi connectivity index (χ4v) is 3.80. The van der Waals surface area contributed by atoms with Crippen molar-refractivity contribution in [3.8, 4) is 5.75 Å². The standard InChI is InChI=1S/C19H22N2O5S/c1-3-25-16-8-10-18(11-9-16)27(23,24)20-12-17-13-21(19(22)26-17)15-6-4-14(2)5-7-15/h4-11,17,20H,3,12-13H2,1-2H3. The Hall–Kier alpha value is -2.58. The number of carbonyl (C=O) groups is 1. The molecule has 1 aliphatic rings. The summed E-state index contributed by atoms with van der Waals surface area (Å²) >= 11 is 0. The van der Waals surface area contributed by atoms with E-state index < -0.39 is 22.2 Å². The number of hydrogen-bond acceptors (Lipinski definition) is 5. The summed E-state index contributed by atoms with van der Waals surface area (Å²) in [6.07, 6.45) is -1.04. The lowest BCUT2D eigenvalue weighted by Crippen LogP contribution is -2.34. The van der Waals surface area contributed by atoms with Gasteiger partial charge < -0.3 is 9.47 Å². The number of aryl methyl sites for hydroxylation is 1. The summed E-state index contributed by atoms with van der Waals surface area (Å²) in [5.41, 5.74) is 1.81. The van der Waals surface area contributed by atoms with E-state index in [1.54, 1.807) is 12.1 Å². The van der Waals surface area contributed by atoms with Crippen molar-refractivity contribution < 1.29 is 22.7 Å². The van der Waals surface area contributed by atoms with Gasteiger partial charge in [0.05, 0.1) is 18.0 Å². The Morgan fingerprint density at radius 2 is 1.81 bits per heavy atom. The summed E-state index contributed by atoms with van der Waals surface area (Å²) in [5.74, 6) is 0.606. The van der Waals surface area contributed by atoms with Crippen LogP contribution in [0.25, 0.3) is 0 Å². The third-order valence-electron chi connectivity index (χ3n) is 4.17. The molecule has 1 saturated heterocycles. The van der Waals surface area contributed by atoms with Crippen LogP contribution in [-0.4, -0.2) is 40.3 Å². The number of benzene rings is 2. The van der Waals surface area contributed by atoms with Crippen LogP contribution in [0.5, 0.6) is 5.75 Å². The minimum atomic E-state index is -3.70.